The molecule has 0 saturated carbocycles. The Bertz CT molecular complexity index is 1250. The van der Waals surface area contributed by atoms with Gasteiger partial charge >= 0.3 is 12.4 Å². The van der Waals surface area contributed by atoms with Crippen LogP contribution in [0, 0.1) is 5.82 Å². The van der Waals surface area contributed by atoms with Crippen LogP contribution < -0.4 is 11.1 Å². The van der Waals surface area contributed by atoms with Crippen LogP contribution in [0.25, 0.3) is 11.1 Å². The van der Waals surface area contributed by atoms with Crippen LogP contribution in [0.1, 0.15) is 22.9 Å². The molecule has 1 unspecified atom stereocenters. The van der Waals surface area contributed by atoms with Crippen LogP contribution in [0.5, 0.6) is 0 Å². The van der Waals surface area contributed by atoms with Gasteiger partial charge in [-0.1, -0.05) is 24.3 Å². The van der Waals surface area contributed by atoms with Crippen molar-refractivity contribution in [2.45, 2.75) is 23.8 Å². The van der Waals surface area contributed by atoms with Crippen molar-refractivity contribution in [3.8, 4) is 11.1 Å². The van der Waals surface area contributed by atoms with E-state index in [1.807, 2.05) is 0 Å². The smallest absolute Gasteiger partial charge is 0.378 e. The largest absolute Gasteiger partial charge is 0.433 e. The number of hydrogen-bond acceptors (Lipinski definition) is 4. The highest BCUT2D eigenvalue weighted by Gasteiger charge is 2.47. The number of carbonyl (C=O) groups is 1. The summed E-state index contributed by atoms with van der Waals surface area (Å²) in [4.78, 5) is 16.3. The summed E-state index contributed by atoms with van der Waals surface area (Å²) in [6.45, 7) is 0.0385. The number of halogens is 7. The summed E-state index contributed by atoms with van der Waals surface area (Å²) < 4.78 is 97.6. The molecule has 3 N–H and O–H groups in total. The zero-order valence-corrected chi connectivity index (χ0v) is 18.3. The van der Waals surface area contributed by atoms with Crippen molar-refractivity contribution < 1.29 is 40.3 Å². The number of carbonyl (C=O) groups excluding carboxylic acids is 1. The molecule has 36 heavy (non-hydrogen) atoms. The van der Waals surface area contributed by atoms with Crippen molar-refractivity contribution in [3.63, 3.8) is 0 Å². The highest BCUT2D eigenvalue weighted by atomic mass is 19.4. The first-order valence-electron chi connectivity index (χ1n) is 10.5. The second-order valence-electron chi connectivity index (χ2n) is 8.29. The van der Waals surface area contributed by atoms with Crippen LogP contribution in [0.15, 0.2) is 60.8 Å². The molecule has 0 spiro atoms. The maximum Gasteiger partial charge on any atom is 0.433 e. The second kappa shape index (κ2) is 9.17. The fourth-order valence-electron chi connectivity index (χ4n) is 3.79. The third-order valence-electron chi connectivity index (χ3n) is 5.90. The first kappa shape index (κ1) is 25.6. The fourth-order valence-corrected chi connectivity index (χ4v) is 3.79. The molecule has 0 radical (unpaired) electrons. The summed E-state index contributed by atoms with van der Waals surface area (Å²) in [5.41, 5.74) is 2.59. The maximum atomic E-state index is 13.3. The topological polar surface area (TPSA) is 77.2 Å². The number of hydrogen-bond donors (Lipinski definition) is 2. The van der Waals surface area contributed by atoms with Gasteiger partial charge in [-0.25, -0.2) is 4.39 Å². The number of amides is 1. The van der Waals surface area contributed by atoms with E-state index in [-0.39, 0.29) is 24.3 Å². The summed E-state index contributed by atoms with van der Waals surface area (Å²) >= 11 is 0. The number of benzene rings is 2. The SMILES string of the molecule is NC(c1cc(C(F)(F)F)ncc1-c1ccc(C2(C(=O)Nc3ccc(F)cc3)COC2)cc1)C(F)(F)F. The Kier molecular flexibility index (Phi) is 6.52. The van der Waals surface area contributed by atoms with E-state index in [1.54, 1.807) is 0 Å². The van der Waals surface area contributed by atoms with E-state index in [2.05, 4.69) is 10.3 Å². The van der Waals surface area contributed by atoms with Crippen molar-refractivity contribution in [2.24, 2.45) is 5.73 Å². The van der Waals surface area contributed by atoms with E-state index in [0.717, 1.165) is 0 Å². The lowest BCUT2D eigenvalue weighted by molar-refractivity contribution is -0.150. The Balaban J connectivity index is 1.67. The third-order valence-corrected chi connectivity index (χ3v) is 5.90. The van der Waals surface area contributed by atoms with E-state index in [9.17, 15) is 35.5 Å². The van der Waals surface area contributed by atoms with Gasteiger partial charge in [0.25, 0.3) is 0 Å². The van der Waals surface area contributed by atoms with Gasteiger partial charge in [0.05, 0.1) is 13.2 Å². The summed E-state index contributed by atoms with van der Waals surface area (Å²) in [5.74, 6) is -0.920. The quantitative estimate of drug-likeness (QED) is 0.450. The Hall–Kier alpha value is -3.51. The molecule has 1 amide bonds. The number of ether oxygens (including phenoxy) is 1. The van der Waals surface area contributed by atoms with Gasteiger partial charge < -0.3 is 15.8 Å². The van der Waals surface area contributed by atoms with Crippen molar-refractivity contribution in [2.75, 3.05) is 18.5 Å². The average Bonchev–Trinajstić information content (AvgIpc) is 2.78. The standard InChI is InChI=1S/C24H18F7N3O2/c25-15-5-7-16(8-6-15)34-21(35)22(11-36-12-22)14-3-1-13(2-4-14)18-10-33-19(23(26,27)28)9-17(18)20(32)24(29,30)31/h1-10,20H,11-12,32H2,(H,34,35). The molecule has 1 saturated heterocycles. The number of aromatic nitrogens is 1. The van der Waals surface area contributed by atoms with Crippen molar-refractivity contribution >= 4 is 11.6 Å². The van der Waals surface area contributed by atoms with Crippen LogP contribution in [-0.4, -0.2) is 30.3 Å². The zero-order valence-electron chi connectivity index (χ0n) is 18.3. The molecule has 2 heterocycles. The monoisotopic (exact) mass is 513 g/mol. The minimum atomic E-state index is -5.00. The highest BCUT2D eigenvalue weighted by Crippen LogP contribution is 2.40. The van der Waals surface area contributed by atoms with Crippen molar-refractivity contribution in [3.05, 3.63) is 83.4 Å². The molecule has 1 aliphatic rings. The third kappa shape index (κ3) is 4.91. The van der Waals surface area contributed by atoms with E-state index >= 15 is 0 Å². The molecule has 2 aromatic carbocycles. The average molecular weight is 513 g/mol. The summed E-state index contributed by atoms with van der Waals surface area (Å²) in [7, 11) is 0. The molecule has 0 bridgehead atoms. The first-order valence-corrected chi connectivity index (χ1v) is 10.5. The van der Waals surface area contributed by atoms with Crippen molar-refractivity contribution in [1.82, 2.24) is 4.98 Å². The Morgan fingerprint density at radius 2 is 1.61 bits per heavy atom. The van der Waals surface area contributed by atoms with Gasteiger partial charge in [0.15, 0.2) is 0 Å². The Labute approximate surface area is 200 Å². The molecule has 1 aromatic heterocycles. The van der Waals surface area contributed by atoms with Crippen LogP contribution in [-0.2, 0) is 21.1 Å². The lowest BCUT2D eigenvalue weighted by Gasteiger charge is -2.40. The van der Waals surface area contributed by atoms with Crippen LogP contribution in [0.3, 0.4) is 0 Å². The normalized spacial score (nSPS) is 16.2. The summed E-state index contributed by atoms with van der Waals surface area (Å²) in [6.07, 6.45) is -9.26. The Morgan fingerprint density at radius 1 is 1.00 bits per heavy atom. The molecule has 1 fully saturated rings. The number of nitrogens with one attached hydrogen (secondary N) is 1. The van der Waals surface area contributed by atoms with Gasteiger partial charge in [-0.2, -0.15) is 26.3 Å². The number of anilines is 1. The molecular formula is C24H18F7N3O2. The fraction of sp³-hybridized carbons (Fsp3) is 0.250. The zero-order chi connectivity index (χ0) is 26.3. The lowest BCUT2D eigenvalue weighted by atomic mass is 9.77. The molecule has 0 aliphatic carbocycles. The number of pyridine rings is 1. The first-order chi connectivity index (χ1) is 16.8. The summed E-state index contributed by atoms with van der Waals surface area (Å²) in [6, 6.07) is 8.42. The van der Waals surface area contributed by atoms with Gasteiger partial charge in [-0.05, 0) is 47.0 Å². The highest BCUT2D eigenvalue weighted by molar-refractivity contribution is 6.00. The van der Waals surface area contributed by atoms with Crippen molar-refractivity contribution in [1.29, 1.82) is 0 Å². The van der Waals surface area contributed by atoms with Gasteiger partial charge in [-0.3, -0.25) is 9.78 Å². The van der Waals surface area contributed by atoms with Gasteiger partial charge in [0.1, 0.15) is 23.0 Å². The molecule has 190 valence electrons. The minimum absolute atomic E-state index is 0.0193. The van der Waals surface area contributed by atoms with Gasteiger partial charge in [-0.15, -0.1) is 0 Å². The van der Waals surface area contributed by atoms with Gasteiger partial charge in [0, 0.05) is 17.4 Å². The van der Waals surface area contributed by atoms with E-state index in [1.165, 1.54) is 48.5 Å². The number of nitrogens with zero attached hydrogens (tertiary/aromatic N) is 1. The van der Waals surface area contributed by atoms with Crippen LogP contribution in [0.2, 0.25) is 0 Å². The number of nitrogens with two attached hydrogens (primary N) is 1. The minimum Gasteiger partial charge on any atom is -0.378 e. The van der Waals surface area contributed by atoms with E-state index < -0.39 is 46.8 Å². The van der Waals surface area contributed by atoms with Gasteiger partial charge in [0.2, 0.25) is 5.91 Å². The number of rotatable bonds is 5. The predicted molar refractivity (Wildman–Crippen MR) is 115 cm³/mol. The molecule has 1 atom stereocenters. The van der Waals surface area contributed by atoms with Crippen LogP contribution >= 0.6 is 0 Å². The van der Waals surface area contributed by atoms with Crippen LogP contribution in [0.4, 0.5) is 36.4 Å². The maximum absolute atomic E-state index is 13.3. The summed E-state index contributed by atoms with van der Waals surface area (Å²) in [5, 5.41) is 2.67. The second-order valence-corrected chi connectivity index (χ2v) is 8.29. The molecule has 12 heteroatoms. The predicted octanol–water partition coefficient (Wildman–Crippen LogP) is 5.38. The molecule has 1 aliphatic heterocycles. The molecule has 4 rings (SSSR count). The lowest BCUT2D eigenvalue weighted by Crippen LogP contribution is -2.55. The Morgan fingerprint density at radius 3 is 2.11 bits per heavy atom. The molecule has 5 nitrogen and oxygen atoms in total. The van der Waals surface area contributed by atoms with E-state index in [0.29, 0.717) is 23.5 Å². The van der Waals surface area contributed by atoms with E-state index in [4.69, 9.17) is 10.5 Å². The number of alkyl halides is 6. The molecule has 3 aromatic rings. The molecular weight excluding hydrogens is 495 g/mol.